The second-order valence-corrected chi connectivity index (χ2v) is 6.27. The third kappa shape index (κ3) is 5.64. The van der Waals surface area contributed by atoms with Gasteiger partial charge in [0.05, 0.1) is 5.97 Å². The van der Waals surface area contributed by atoms with Crippen LogP contribution in [0.5, 0.6) is 0 Å². The van der Waals surface area contributed by atoms with Crippen molar-refractivity contribution in [1.29, 1.82) is 0 Å². The van der Waals surface area contributed by atoms with E-state index in [4.69, 9.17) is 0 Å². The first kappa shape index (κ1) is 18.5. The number of aromatic nitrogens is 2. The maximum atomic E-state index is 11.9. The zero-order valence-electron chi connectivity index (χ0n) is 13.6. The van der Waals surface area contributed by atoms with Gasteiger partial charge in [0.15, 0.2) is 0 Å². The fourth-order valence-electron chi connectivity index (χ4n) is 2.01. The van der Waals surface area contributed by atoms with Gasteiger partial charge in [0.2, 0.25) is 16.9 Å². The number of nitrogens with one attached hydrogen (secondary N) is 2. The smallest absolute Gasteiger partial charge is 0.235 e. The van der Waals surface area contributed by atoms with Crippen LogP contribution in [0.4, 0.5) is 10.8 Å². The molecule has 25 heavy (non-hydrogen) atoms. The standard InChI is InChI=1S/C16H18N4O4S/c1-2-3-8-14-19-20-16(25-14)18-13(22)9-12(21)17-11-7-5-4-6-10(11)15(23)24/h4-7H,2-3,8-9H2,1H3,(H,17,21)(H,23,24)(H,18,20,22)/p-1. The second-order valence-electron chi connectivity index (χ2n) is 5.21. The monoisotopic (exact) mass is 361 g/mol. The summed E-state index contributed by atoms with van der Waals surface area (Å²) in [4.78, 5) is 34.8. The van der Waals surface area contributed by atoms with E-state index in [1.807, 2.05) is 0 Å². The van der Waals surface area contributed by atoms with Crippen LogP contribution in [0.3, 0.4) is 0 Å². The molecule has 2 rings (SSSR count). The van der Waals surface area contributed by atoms with Crippen molar-refractivity contribution in [2.24, 2.45) is 0 Å². The van der Waals surface area contributed by atoms with E-state index in [0.29, 0.717) is 5.13 Å². The fourth-order valence-corrected chi connectivity index (χ4v) is 2.80. The summed E-state index contributed by atoms with van der Waals surface area (Å²) in [6.45, 7) is 2.07. The van der Waals surface area contributed by atoms with Crippen molar-refractivity contribution < 1.29 is 19.5 Å². The minimum absolute atomic E-state index is 0.0815. The third-order valence-electron chi connectivity index (χ3n) is 3.20. The number of amides is 2. The molecule has 0 unspecified atom stereocenters. The average molecular weight is 361 g/mol. The highest BCUT2D eigenvalue weighted by molar-refractivity contribution is 7.15. The second kappa shape index (κ2) is 8.88. The van der Waals surface area contributed by atoms with Crippen LogP contribution in [-0.4, -0.2) is 28.0 Å². The number of nitrogens with zero attached hydrogens (tertiary/aromatic N) is 2. The van der Waals surface area contributed by atoms with Crippen LogP contribution < -0.4 is 15.7 Å². The summed E-state index contributed by atoms with van der Waals surface area (Å²) in [5, 5.41) is 24.9. The highest BCUT2D eigenvalue weighted by Gasteiger charge is 2.14. The summed E-state index contributed by atoms with van der Waals surface area (Å²) in [5.41, 5.74) is -0.0704. The van der Waals surface area contributed by atoms with Gasteiger partial charge in [0.1, 0.15) is 11.4 Å². The maximum Gasteiger partial charge on any atom is 0.235 e. The van der Waals surface area contributed by atoms with E-state index in [1.165, 1.54) is 29.5 Å². The molecule has 8 nitrogen and oxygen atoms in total. The quantitative estimate of drug-likeness (QED) is 0.681. The molecule has 0 aliphatic rings. The number of carboxylic acid groups (broad SMARTS) is 1. The van der Waals surface area contributed by atoms with Crippen LogP contribution in [0.1, 0.15) is 41.6 Å². The normalized spacial score (nSPS) is 10.3. The van der Waals surface area contributed by atoms with Crippen LogP contribution in [0.25, 0.3) is 0 Å². The number of para-hydroxylation sites is 1. The molecule has 1 aromatic carbocycles. The number of carbonyl (C=O) groups excluding carboxylic acids is 3. The Bertz CT molecular complexity index is 775. The number of benzene rings is 1. The Morgan fingerprint density at radius 1 is 1.12 bits per heavy atom. The highest BCUT2D eigenvalue weighted by atomic mass is 32.1. The number of carbonyl (C=O) groups is 3. The zero-order chi connectivity index (χ0) is 18.2. The summed E-state index contributed by atoms with van der Waals surface area (Å²) < 4.78 is 0. The first-order valence-corrected chi connectivity index (χ1v) is 8.53. The number of anilines is 2. The first-order valence-electron chi connectivity index (χ1n) is 7.72. The van der Waals surface area contributed by atoms with Gasteiger partial charge in [-0.25, -0.2) is 0 Å². The van der Waals surface area contributed by atoms with Gasteiger partial charge in [-0.15, -0.1) is 10.2 Å². The van der Waals surface area contributed by atoms with E-state index in [0.717, 1.165) is 24.3 Å². The Morgan fingerprint density at radius 3 is 2.56 bits per heavy atom. The molecular weight excluding hydrogens is 344 g/mol. The van der Waals surface area contributed by atoms with Crippen molar-refractivity contribution in [3.63, 3.8) is 0 Å². The number of hydrogen-bond donors (Lipinski definition) is 2. The molecule has 9 heteroatoms. The van der Waals surface area contributed by atoms with Gasteiger partial charge in [-0.3, -0.25) is 9.59 Å². The lowest BCUT2D eigenvalue weighted by molar-refractivity contribution is -0.254. The Hall–Kier alpha value is -2.81. The SMILES string of the molecule is CCCCc1nnc(NC(=O)CC(=O)Nc2ccccc2C(=O)[O-])s1. The minimum atomic E-state index is -1.41. The molecular formula is C16H17N4O4S-. The maximum absolute atomic E-state index is 11.9. The summed E-state index contributed by atoms with van der Waals surface area (Å²) in [5.74, 6) is -2.60. The Kier molecular flexibility index (Phi) is 6.58. The number of aryl methyl sites for hydroxylation is 1. The van der Waals surface area contributed by atoms with Gasteiger partial charge in [-0.05, 0) is 12.5 Å². The Labute approximate surface area is 148 Å². The van der Waals surface area contributed by atoms with E-state index < -0.39 is 24.2 Å². The molecule has 0 aliphatic heterocycles. The lowest BCUT2D eigenvalue weighted by atomic mass is 10.2. The van der Waals surface area contributed by atoms with Crippen molar-refractivity contribution in [3.8, 4) is 0 Å². The molecule has 0 saturated carbocycles. The van der Waals surface area contributed by atoms with Crippen molar-refractivity contribution in [2.75, 3.05) is 10.6 Å². The van der Waals surface area contributed by atoms with Crippen molar-refractivity contribution in [1.82, 2.24) is 10.2 Å². The minimum Gasteiger partial charge on any atom is -0.545 e. The van der Waals surface area contributed by atoms with Gasteiger partial charge >= 0.3 is 0 Å². The van der Waals surface area contributed by atoms with Crippen LogP contribution in [-0.2, 0) is 16.0 Å². The lowest BCUT2D eigenvalue weighted by Crippen LogP contribution is -2.26. The molecule has 0 bridgehead atoms. The van der Waals surface area contributed by atoms with Gasteiger partial charge in [-0.2, -0.15) is 0 Å². The fraction of sp³-hybridized carbons (Fsp3) is 0.312. The van der Waals surface area contributed by atoms with E-state index in [9.17, 15) is 19.5 Å². The average Bonchev–Trinajstić information content (AvgIpc) is 3.00. The molecule has 1 aromatic heterocycles. The molecule has 2 amide bonds. The largest absolute Gasteiger partial charge is 0.545 e. The molecule has 0 aliphatic carbocycles. The van der Waals surface area contributed by atoms with Gasteiger partial charge in [0.25, 0.3) is 0 Å². The van der Waals surface area contributed by atoms with E-state index in [-0.39, 0.29) is 11.3 Å². The molecule has 132 valence electrons. The molecule has 2 aromatic rings. The molecule has 1 heterocycles. The first-order chi connectivity index (χ1) is 12.0. The van der Waals surface area contributed by atoms with E-state index >= 15 is 0 Å². The molecule has 0 spiro atoms. The molecule has 0 fully saturated rings. The molecule has 0 atom stereocenters. The van der Waals surface area contributed by atoms with Crippen LogP contribution >= 0.6 is 11.3 Å². The third-order valence-corrected chi connectivity index (χ3v) is 4.10. The van der Waals surface area contributed by atoms with Gasteiger partial charge in [-0.1, -0.05) is 42.9 Å². The molecule has 0 radical (unpaired) electrons. The van der Waals surface area contributed by atoms with Gasteiger partial charge < -0.3 is 20.5 Å². The van der Waals surface area contributed by atoms with Crippen LogP contribution in [0, 0.1) is 0 Å². The highest BCUT2D eigenvalue weighted by Crippen LogP contribution is 2.18. The van der Waals surface area contributed by atoms with Crippen LogP contribution in [0.15, 0.2) is 24.3 Å². The number of hydrogen-bond acceptors (Lipinski definition) is 7. The topological polar surface area (TPSA) is 124 Å². The van der Waals surface area contributed by atoms with Gasteiger partial charge in [0, 0.05) is 17.7 Å². The summed E-state index contributed by atoms with van der Waals surface area (Å²) >= 11 is 1.27. The lowest BCUT2D eigenvalue weighted by Gasteiger charge is -2.11. The predicted octanol–water partition coefficient (Wildman–Crippen LogP) is 1.21. The Morgan fingerprint density at radius 2 is 1.84 bits per heavy atom. The number of rotatable bonds is 8. The summed E-state index contributed by atoms with van der Waals surface area (Å²) in [6, 6.07) is 5.82. The number of aromatic carboxylic acids is 1. The van der Waals surface area contributed by atoms with Crippen molar-refractivity contribution in [2.45, 2.75) is 32.6 Å². The summed E-state index contributed by atoms with van der Waals surface area (Å²) in [6.07, 6.45) is 2.35. The summed E-state index contributed by atoms with van der Waals surface area (Å²) in [7, 11) is 0. The van der Waals surface area contributed by atoms with E-state index in [2.05, 4.69) is 27.8 Å². The number of carboxylic acids is 1. The zero-order valence-corrected chi connectivity index (χ0v) is 14.4. The molecule has 0 saturated heterocycles. The van der Waals surface area contributed by atoms with Crippen LogP contribution in [0.2, 0.25) is 0 Å². The predicted molar refractivity (Wildman–Crippen MR) is 91.2 cm³/mol. The number of unbranched alkanes of at least 4 members (excludes halogenated alkanes) is 1. The molecule has 2 N–H and O–H groups in total. The van der Waals surface area contributed by atoms with E-state index in [1.54, 1.807) is 6.07 Å². The Balaban J connectivity index is 1.89. The van der Waals surface area contributed by atoms with Crippen molar-refractivity contribution >= 4 is 39.9 Å². The van der Waals surface area contributed by atoms with Crippen molar-refractivity contribution in [3.05, 3.63) is 34.8 Å².